The highest BCUT2D eigenvalue weighted by Gasteiger charge is 2.24. The molecule has 0 saturated carbocycles. The second-order valence-corrected chi connectivity index (χ2v) is 5.30. The molecule has 4 nitrogen and oxygen atoms in total. The largest absolute Gasteiger partial charge is 0.339 e. The van der Waals surface area contributed by atoms with Crippen molar-refractivity contribution in [2.45, 2.75) is 13.3 Å². The molecule has 0 aromatic heterocycles. The van der Waals surface area contributed by atoms with Crippen LogP contribution in [0.1, 0.15) is 22.3 Å². The first kappa shape index (κ1) is 14.9. The Kier molecular flexibility index (Phi) is 5.01. The second-order valence-electron chi connectivity index (χ2n) is 4.93. The van der Waals surface area contributed by atoms with Crippen molar-refractivity contribution < 1.29 is 9.59 Å². The lowest BCUT2D eigenvalue weighted by Crippen LogP contribution is -2.50. The standard InChI is InChI=1S/C15H19ClN2O2/c1-12-4-2-3-5-13(12)15(20)18-10-8-17(9-11-18)14(19)6-7-16/h2-5H,6-11H2,1H3. The number of amides is 2. The summed E-state index contributed by atoms with van der Waals surface area (Å²) >= 11 is 5.58. The van der Waals surface area contributed by atoms with Crippen LogP contribution in [0.15, 0.2) is 24.3 Å². The van der Waals surface area contributed by atoms with Crippen LogP contribution in [0.5, 0.6) is 0 Å². The molecule has 2 amide bonds. The Morgan fingerprint density at radius 3 is 2.30 bits per heavy atom. The third-order valence-corrected chi connectivity index (χ3v) is 3.79. The Morgan fingerprint density at radius 2 is 1.70 bits per heavy atom. The van der Waals surface area contributed by atoms with E-state index in [2.05, 4.69) is 0 Å². The summed E-state index contributed by atoms with van der Waals surface area (Å²) in [6.07, 6.45) is 0.368. The van der Waals surface area contributed by atoms with E-state index in [0.29, 0.717) is 38.5 Å². The maximum Gasteiger partial charge on any atom is 0.254 e. The summed E-state index contributed by atoms with van der Waals surface area (Å²) < 4.78 is 0. The molecule has 108 valence electrons. The van der Waals surface area contributed by atoms with E-state index in [9.17, 15) is 9.59 Å². The molecule has 1 heterocycles. The monoisotopic (exact) mass is 294 g/mol. The number of alkyl halides is 1. The van der Waals surface area contributed by atoms with Gasteiger partial charge in [-0.15, -0.1) is 11.6 Å². The topological polar surface area (TPSA) is 40.6 Å². The first-order valence-corrected chi connectivity index (χ1v) is 7.35. The van der Waals surface area contributed by atoms with Gasteiger partial charge >= 0.3 is 0 Å². The molecule has 0 unspecified atom stereocenters. The maximum absolute atomic E-state index is 12.4. The molecule has 1 aliphatic heterocycles. The van der Waals surface area contributed by atoms with Gasteiger partial charge in [0.1, 0.15) is 0 Å². The van der Waals surface area contributed by atoms with Gasteiger partial charge in [-0.25, -0.2) is 0 Å². The molecule has 20 heavy (non-hydrogen) atoms. The van der Waals surface area contributed by atoms with Crippen LogP contribution in [0.2, 0.25) is 0 Å². The van der Waals surface area contributed by atoms with Gasteiger partial charge in [0.15, 0.2) is 0 Å². The molecule has 1 fully saturated rings. The Bertz CT molecular complexity index is 496. The van der Waals surface area contributed by atoms with Crippen LogP contribution in [-0.2, 0) is 4.79 Å². The Hall–Kier alpha value is -1.55. The number of aryl methyl sites for hydroxylation is 1. The molecule has 2 rings (SSSR count). The van der Waals surface area contributed by atoms with Gasteiger partial charge in [0.2, 0.25) is 5.91 Å². The molecule has 0 bridgehead atoms. The van der Waals surface area contributed by atoms with Gasteiger partial charge in [-0.05, 0) is 18.6 Å². The first-order chi connectivity index (χ1) is 9.63. The van der Waals surface area contributed by atoms with E-state index >= 15 is 0 Å². The minimum Gasteiger partial charge on any atom is -0.339 e. The van der Waals surface area contributed by atoms with Crippen molar-refractivity contribution in [2.24, 2.45) is 0 Å². The van der Waals surface area contributed by atoms with Gasteiger partial charge in [0.05, 0.1) is 0 Å². The fourth-order valence-electron chi connectivity index (χ4n) is 2.38. The number of halogens is 1. The summed E-state index contributed by atoms with van der Waals surface area (Å²) in [5.74, 6) is 0.469. The predicted octanol–water partition coefficient (Wildman–Crippen LogP) is 1.91. The Balaban J connectivity index is 1.96. The lowest BCUT2D eigenvalue weighted by Gasteiger charge is -2.35. The van der Waals surface area contributed by atoms with Gasteiger partial charge in [0.25, 0.3) is 5.91 Å². The van der Waals surface area contributed by atoms with Crippen LogP contribution in [0, 0.1) is 6.92 Å². The van der Waals surface area contributed by atoms with E-state index in [1.165, 1.54) is 0 Å². The fourth-order valence-corrected chi connectivity index (χ4v) is 2.54. The molecule has 1 aliphatic rings. The van der Waals surface area contributed by atoms with Crippen molar-refractivity contribution in [3.63, 3.8) is 0 Å². The molecule has 0 atom stereocenters. The van der Waals surface area contributed by atoms with Crippen molar-refractivity contribution in [3.8, 4) is 0 Å². The first-order valence-electron chi connectivity index (χ1n) is 6.82. The molecule has 1 saturated heterocycles. The van der Waals surface area contributed by atoms with Crippen molar-refractivity contribution in [2.75, 3.05) is 32.1 Å². The summed E-state index contributed by atoms with van der Waals surface area (Å²) in [6.45, 7) is 4.29. The number of benzene rings is 1. The van der Waals surface area contributed by atoms with Crippen LogP contribution in [0.4, 0.5) is 0 Å². The lowest BCUT2D eigenvalue weighted by atomic mass is 10.1. The van der Waals surface area contributed by atoms with E-state index in [1.807, 2.05) is 36.1 Å². The fraction of sp³-hybridized carbons (Fsp3) is 0.467. The predicted molar refractivity (Wildman–Crippen MR) is 79.0 cm³/mol. The number of piperazine rings is 1. The van der Waals surface area contributed by atoms with Gasteiger partial charge in [-0.2, -0.15) is 0 Å². The van der Waals surface area contributed by atoms with E-state index in [4.69, 9.17) is 11.6 Å². The van der Waals surface area contributed by atoms with Gasteiger partial charge in [-0.3, -0.25) is 9.59 Å². The normalized spacial score (nSPS) is 15.3. The van der Waals surface area contributed by atoms with Crippen molar-refractivity contribution in [1.29, 1.82) is 0 Å². The molecule has 0 aliphatic carbocycles. The molecule has 0 N–H and O–H groups in total. The van der Waals surface area contributed by atoms with Crippen molar-refractivity contribution in [3.05, 3.63) is 35.4 Å². The third-order valence-electron chi connectivity index (χ3n) is 3.60. The minimum atomic E-state index is 0.0487. The van der Waals surface area contributed by atoms with Gasteiger partial charge in [0, 0.05) is 44.0 Å². The van der Waals surface area contributed by atoms with E-state index < -0.39 is 0 Å². The number of nitrogens with zero attached hydrogens (tertiary/aromatic N) is 2. The molecule has 1 aromatic carbocycles. The van der Waals surface area contributed by atoms with E-state index in [0.717, 1.165) is 11.1 Å². The third kappa shape index (κ3) is 3.31. The summed E-state index contributed by atoms with van der Waals surface area (Å²) in [4.78, 5) is 27.8. The van der Waals surface area contributed by atoms with E-state index in [1.54, 1.807) is 4.90 Å². The average Bonchev–Trinajstić information content (AvgIpc) is 2.47. The van der Waals surface area contributed by atoms with Crippen LogP contribution in [0.3, 0.4) is 0 Å². The number of rotatable bonds is 3. The highest BCUT2D eigenvalue weighted by molar-refractivity contribution is 6.18. The summed E-state index contributed by atoms with van der Waals surface area (Å²) in [6, 6.07) is 7.59. The minimum absolute atomic E-state index is 0.0487. The second kappa shape index (κ2) is 6.75. The van der Waals surface area contributed by atoms with Crippen molar-refractivity contribution >= 4 is 23.4 Å². The van der Waals surface area contributed by atoms with Gasteiger partial charge < -0.3 is 9.80 Å². The molecule has 0 spiro atoms. The smallest absolute Gasteiger partial charge is 0.254 e. The summed E-state index contributed by atoms with van der Waals surface area (Å²) in [5.41, 5.74) is 1.73. The molecule has 0 radical (unpaired) electrons. The maximum atomic E-state index is 12.4. The summed E-state index contributed by atoms with van der Waals surface area (Å²) in [5, 5.41) is 0. The van der Waals surface area contributed by atoms with Crippen LogP contribution >= 0.6 is 11.6 Å². The van der Waals surface area contributed by atoms with Crippen LogP contribution < -0.4 is 0 Å². The van der Waals surface area contributed by atoms with Crippen LogP contribution in [-0.4, -0.2) is 53.7 Å². The van der Waals surface area contributed by atoms with Crippen LogP contribution in [0.25, 0.3) is 0 Å². The molecular formula is C15H19ClN2O2. The number of hydrogen-bond acceptors (Lipinski definition) is 2. The number of hydrogen-bond donors (Lipinski definition) is 0. The SMILES string of the molecule is Cc1ccccc1C(=O)N1CCN(C(=O)CCCl)CC1. The number of carbonyl (C=O) groups is 2. The molecule has 5 heteroatoms. The zero-order chi connectivity index (χ0) is 14.5. The highest BCUT2D eigenvalue weighted by atomic mass is 35.5. The highest BCUT2D eigenvalue weighted by Crippen LogP contribution is 2.13. The quantitative estimate of drug-likeness (QED) is 0.799. The zero-order valence-electron chi connectivity index (χ0n) is 11.6. The summed E-state index contributed by atoms with van der Waals surface area (Å²) in [7, 11) is 0. The van der Waals surface area contributed by atoms with E-state index in [-0.39, 0.29) is 11.8 Å². The zero-order valence-corrected chi connectivity index (χ0v) is 12.4. The molecular weight excluding hydrogens is 276 g/mol. The van der Waals surface area contributed by atoms with Crippen molar-refractivity contribution in [1.82, 2.24) is 9.80 Å². The lowest BCUT2D eigenvalue weighted by molar-refractivity contribution is -0.132. The average molecular weight is 295 g/mol. The van der Waals surface area contributed by atoms with Gasteiger partial charge in [-0.1, -0.05) is 18.2 Å². The Morgan fingerprint density at radius 1 is 1.10 bits per heavy atom. The molecule has 1 aromatic rings. The Labute approximate surface area is 124 Å². The number of carbonyl (C=O) groups excluding carboxylic acids is 2.